The van der Waals surface area contributed by atoms with Crippen LogP contribution in [-0.2, 0) is 4.74 Å². The van der Waals surface area contributed by atoms with Gasteiger partial charge < -0.3 is 4.74 Å². The summed E-state index contributed by atoms with van der Waals surface area (Å²) in [5, 5.41) is 8.80. The fraction of sp³-hybridized carbons (Fsp3) is 0.364. The molecule has 0 saturated heterocycles. The van der Waals surface area contributed by atoms with Crippen molar-refractivity contribution in [2.24, 2.45) is 0 Å². The minimum atomic E-state index is -0.632. The highest BCUT2D eigenvalue weighted by Crippen LogP contribution is 2.09. The Balaban J connectivity index is 2.57. The van der Waals surface area contributed by atoms with Crippen molar-refractivity contribution in [3.8, 4) is 6.07 Å². The zero-order valence-electron chi connectivity index (χ0n) is 9.94. The van der Waals surface area contributed by atoms with Gasteiger partial charge in [-0.05, 0) is 32.9 Å². The molecule has 0 radical (unpaired) electrons. The van der Waals surface area contributed by atoms with Crippen LogP contribution in [0, 0.1) is 11.3 Å². The molecule has 0 aliphatic rings. The normalized spacial score (nSPS) is 10.2. The molecule has 2 N–H and O–H groups in total. The third kappa shape index (κ3) is 4.38. The third-order valence-electron chi connectivity index (χ3n) is 1.61. The summed E-state index contributed by atoms with van der Waals surface area (Å²) in [7, 11) is 0. The monoisotopic (exact) mass is 234 g/mol. The molecule has 17 heavy (non-hydrogen) atoms. The molecule has 0 unspecified atom stereocenters. The van der Waals surface area contributed by atoms with Crippen molar-refractivity contribution < 1.29 is 9.53 Å². The number of pyridine rings is 1. The smallest absolute Gasteiger partial charge is 0.426 e. The molecular formula is C11H14N4O2. The minimum absolute atomic E-state index is 0.279. The van der Waals surface area contributed by atoms with E-state index in [-0.39, 0.29) is 5.82 Å². The summed E-state index contributed by atoms with van der Waals surface area (Å²) in [5.41, 5.74) is 4.59. The molecular weight excluding hydrogens is 220 g/mol. The van der Waals surface area contributed by atoms with Crippen molar-refractivity contribution in [2.45, 2.75) is 26.4 Å². The summed E-state index contributed by atoms with van der Waals surface area (Å²) < 4.78 is 5.01. The fourth-order valence-corrected chi connectivity index (χ4v) is 1.01. The number of hydrazine groups is 1. The molecule has 0 fully saturated rings. The van der Waals surface area contributed by atoms with Gasteiger partial charge in [0, 0.05) is 6.20 Å². The molecule has 0 aliphatic heterocycles. The van der Waals surface area contributed by atoms with Crippen LogP contribution in [0.4, 0.5) is 10.6 Å². The lowest BCUT2D eigenvalue weighted by Crippen LogP contribution is -2.36. The quantitative estimate of drug-likeness (QED) is 0.762. The Morgan fingerprint density at radius 1 is 1.53 bits per heavy atom. The number of rotatable bonds is 2. The number of hydrogen-bond donors (Lipinski definition) is 2. The standard InChI is InChI=1S/C11H14N4O2/c1-11(2,3)17-10(16)15-14-9-8(7-12)5-4-6-13-9/h4-6H,1-3H3,(H,13,14)(H,15,16). The second-order valence-electron chi connectivity index (χ2n) is 4.26. The number of carbonyl (C=O) groups is 1. The van der Waals surface area contributed by atoms with Crippen molar-refractivity contribution >= 4 is 11.9 Å². The Morgan fingerprint density at radius 2 is 2.24 bits per heavy atom. The van der Waals surface area contributed by atoms with E-state index in [1.807, 2.05) is 6.07 Å². The zero-order chi connectivity index (χ0) is 12.9. The van der Waals surface area contributed by atoms with Crippen LogP contribution in [-0.4, -0.2) is 16.7 Å². The highest BCUT2D eigenvalue weighted by Gasteiger charge is 2.16. The molecule has 1 amide bonds. The van der Waals surface area contributed by atoms with Crippen LogP contribution in [0.2, 0.25) is 0 Å². The lowest BCUT2D eigenvalue weighted by atomic mass is 10.2. The molecule has 0 aromatic carbocycles. The minimum Gasteiger partial charge on any atom is -0.443 e. The predicted octanol–water partition coefficient (Wildman–Crippen LogP) is 1.80. The van der Waals surface area contributed by atoms with Gasteiger partial charge in [-0.1, -0.05) is 0 Å². The van der Waals surface area contributed by atoms with E-state index in [4.69, 9.17) is 10.00 Å². The predicted molar refractivity (Wildman–Crippen MR) is 61.9 cm³/mol. The van der Waals surface area contributed by atoms with Crippen LogP contribution in [0.5, 0.6) is 0 Å². The van der Waals surface area contributed by atoms with Crippen molar-refractivity contribution in [3.63, 3.8) is 0 Å². The molecule has 90 valence electrons. The van der Waals surface area contributed by atoms with Crippen LogP contribution >= 0.6 is 0 Å². The lowest BCUT2D eigenvalue weighted by molar-refractivity contribution is 0.0541. The number of anilines is 1. The first kappa shape index (κ1) is 12.8. The Hall–Kier alpha value is -2.29. The number of nitrogens with zero attached hydrogens (tertiary/aromatic N) is 2. The van der Waals surface area contributed by atoms with Gasteiger partial charge in [-0.2, -0.15) is 5.26 Å². The zero-order valence-corrected chi connectivity index (χ0v) is 9.94. The van der Waals surface area contributed by atoms with E-state index < -0.39 is 11.7 Å². The molecule has 0 saturated carbocycles. The highest BCUT2D eigenvalue weighted by atomic mass is 16.6. The van der Waals surface area contributed by atoms with Crippen LogP contribution in [0.1, 0.15) is 26.3 Å². The van der Waals surface area contributed by atoms with Crippen LogP contribution in [0.15, 0.2) is 18.3 Å². The molecule has 1 rings (SSSR count). The number of nitrogens with one attached hydrogen (secondary N) is 2. The van der Waals surface area contributed by atoms with Gasteiger partial charge in [0.05, 0.1) is 5.56 Å². The summed E-state index contributed by atoms with van der Waals surface area (Å²) in [4.78, 5) is 15.2. The van der Waals surface area contributed by atoms with Gasteiger partial charge in [0.25, 0.3) is 0 Å². The Morgan fingerprint density at radius 3 is 2.82 bits per heavy atom. The summed E-state index contributed by atoms with van der Waals surface area (Å²) in [5.74, 6) is 0.279. The van der Waals surface area contributed by atoms with Gasteiger partial charge in [0.2, 0.25) is 0 Å². The van der Waals surface area contributed by atoms with E-state index in [1.54, 1.807) is 32.9 Å². The number of carbonyl (C=O) groups excluding carboxylic acids is 1. The van der Waals surface area contributed by atoms with Gasteiger partial charge in [-0.25, -0.2) is 15.2 Å². The summed E-state index contributed by atoms with van der Waals surface area (Å²) in [6, 6.07) is 5.18. The molecule has 0 atom stereocenters. The molecule has 6 heteroatoms. The molecule has 0 spiro atoms. The first-order valence-corrected chi connectivity index (χ1v) is 5.02. The number of ether oxygens (including phenoxy) is 1. The maximum absolute atomic E-state index is 11.3. The van der Waals surface area contributed by atoms with E-state index in [1.165, 1.54) is 6.20 Å². The van der Waals surface area contributed by atoms with Crippen LogP contribution in [0.3, 0.4) is 0 Å². The van der Waals surface area contributed by atoms with Crippen molar-refractivity contribution in [1.29, 1.82) is 5.26 Å². The SMILES string of the molecule is CC(C)(C)OC(=O)NNc1ncccc1C#N. The Bertz CT molecular complexity index is 446. The molecule has 0 aliphatic carbocycles. The Kier molecular flexibility index (Phi) is 3.88. The van der Waals surface area contributed by atoms with Gasteiger partial charge in [-0.15, -0.1) is 0 Å². The number of amides is 1. The number of nitriles is 1. The van der Waals surface area contributed by atoms with E-state index in [0.29, 0.717) is 5.56 Å². The molecule has 0 bridgehead atoms. The van der Waals surface area contributed by atoms with Crippen molar-refractivity contribution in [2.75, 3.05) is 5.43 Å². The average Bonchev–Trinajstić information content (AvgIpc) is 2.24. The first-order valence-electron chi connectivity index (χ1n) is 5.02. The van der Waals surface area contributed by atoms with Crippen molar-refractivity contribution in [3.05, 3.63) is 23.9 Å². The van der Waals surface area contributed by atoms with E-state index >= 15 is 0 Å². The summed E-state index contributed by atoms with van der Waals surface area (Å²) >= 11 is 0. The number of hydrogen-bond acceptors (Lipinski definition) is 5. The average molecular weight is 234 g/mol. The maximum Gasteiger partial charge on any atom is 0.426 e. The van der Waals surface area contributed by atoms with Gasteiger partial charge in [0.15, 0.2) is 5.82 Å². The lowest BCUT2D eigenvalue weighted by Gasteiger charge is -2.19. The Labute approximate surface area is 99.6 Å². The van der Waals surface area contributed by atoms with Crippen molar-refractivity contribution in [1.82, 2.24) is 10.4 Å². The van der Waals surface area contributed by atoms with Crippen LogP contribution in [0.25, 0.3) is 0 Å². The van der Waals surface area contributed by atoms with Gasteiger partial charge in [0.1, 0.15) is 11.7 Å². The van der Waals surface area contributed by atoms with Gasteiger partial charge >= 0.3 is 6.09 Å². The molecule has 1 heterocycles. The molecule has 6 nitrogen and oxygen atoms in total. The maximum atomic E-state index is 11.3. The second-order valence-corrected chi connectivity index (χ2v) is 4.26. The first-order chi connectivity index (χ1) is 7.92. The second kappa shape index (κ2) is 5.16. The molecule has 1 aromatic heterocycles. The highest BCUT2D eigenvalue weighted by molar-refractivity contribution is 5.70. The van der Waals surface area contributed by atoms with E-state index in [0.717, 1.165) is 0 Å². The largest absolute Gasteiger partial charge is 0.443 e. The summed E-state index contributed by atoms with van der Waals surface area (Å²) in [6.07, 6.45) is 0.881. The fourth-order valence-electron chi connectivity index (χ4n) is 1.01. The summed E-state index contributed by atoms with van der Waals surface area (Å²) in [6.45, 7) is 5.27. The van der Waals surface area contributed by atoms with Crippen LogP contribution < -0.4 is 10.9 Å². The molecule has 1 aromatic rings. The number of aromatic nitrogens is 1. The van der Waals surface area contributed by atoms with Gasteiger partial charge in [-0.3, -0.25) is 5.43 Å². The van der Waals surface area contributed by atoms with E-state index in [2.05, 4.69) is 15.8 Å². The topological polar surface area (TPSA) is 87.0 Å². The third-order valence-corrected chi connectivity index (χ3v) is 1.61. The van der Waals surface area contributed by atoms with E-state index in [9.17, 15) is 4.79 Å².